The number of amides is 2. The van der Waals surface area contributed by atoms with Crippen molar-refractivity contribution in [2.45, 2.75) is 6.42 Å². The molecule has 0 radical (unpaired) electrons. The number of carboxylic acids is 1. The Morgan fingerprint density at radius 2 is 1.79 bits per heavy atom. The van der Waals surface area contributed by atoms with Crippen LogP contribution in [0.3, 0.4) is 0 Å². The molecule has 0 aromatic carbocycles. The van der Waals surface area contributed by atoms with Crippen molar-refractivity contribution in [2.75, 3.05) is 19.6 Å². The third-order valence-corrected chi connectivity index (χ3v) is 3.29. The summed E-state index contributed by atoms with van der Waals surface area (Å²) in [4.78, 5) is 33.7. The second-order valence-corrected chi connectivity index (χ2v) is 5.13. The van der Waals surface area contributed by atoms with Gasteiger partial charge >= 0.3 is 16.3 Å². The second kappa shape index (κ2) is 5.91. The molecule has 0 aromatic heterocycles. The number of carbonyl (C=O) groups is 3. The molecule has 9 nitrogen and oxygen atoms in total. The van der Waals surface area contributed by atoms with Gasteiger partial charge in [0.05, 0.1) is 0 Å². The van der Waals surface area contributed by atoms with Gasteiger partial charge in [0.2, 0.25) is 0 Å². The average molecular weight is 292 g/mol. The van der Waals surface area contributed by atoms with E-state index in [0.717, 1.165) is 17.1 Å². The van der Waals surface area contributed by atoms with E-state index in [1.807, 2.05) is 0 Å². The monoisotopic (exact) mass is 292 g/mol. The van der Waals surface area contributed by atoms with Gasteiger partial charge in [0.25, 0.3) is 11.8 Å². The summed E-state index contributed by atoms with van der Waals surface area (Å²) in [5, 5.41) is 8.50. The van der Waals surface area contributed by atoms with E-state index in [2.05, 4.69) is 0 Å². The van der Waals surface area contributed by atoms with Gasteiger partial charge in [0.15, 0.2) is 0 Å². The Balaban J connectivity index is 2.52. The lowest BCUT2D eigenvalue weighted by Crippen LogP contribution is -2.38. The Hall–Kier alpha value is -1.78. The van der Waals surface area contributed by atoms with Crippen molar-refractivity contribution >= 4 is 28.1 Å². The molecule has 1 rings (SSSR count). The van der Waals surface area contributed by atoms with E-state index in [-0.39, 0.29) is 19.5 Å². The molecule has 10 heteroatoms. The molecule has 0 fully saturated rings. The molecular weight excluding hydrogens is 280 g/mol. The van der Waals surface area contributed by atoms with E-state index in [1.165, 1.54) is 0 Å². The summed E-state index contributed by atoms with van der Waals surface area (Å²) in [5.41, 5.74) is 0. The van der Waals surface area contributed by atoms with Gasteiger partial charge in [-0.25, -0.2) is 0 Å². The van der Waals surface area contributed by atoms with E-state index in [1.54, 1.807) is 0 Å². The minimum atomic E-state index is -4.63. The Bertz CT molecular complexity index is 507. The summed E-state index contributed by atoms with van der Waals surface area (Å²) < 4.78 is 30.9. The first-order valence-corrected chi connectivity index (χ1v) is 6.59. The molecular formula is C9H12N2O7S. The van der Waals surface area contributed by atoms with Gasteiger partial charge in [-0.05, 0) is 6.42 Å². The topological polar surface area (TPSA) is 132 Å². The number of carbonyl (C=O) groups excluding carboxylic acids is 2. The highest BCUT2D eigenvalue weighted by Crippen LogP contribution is 2.06. The summed E-state index contributed by atoms with van der Waals surface area (Å²) in [6.45, 7) is -1.27. The largest absolute Gasteiger partial charge is 0.480 e. The van der Waals surface area contributed by atoms with Crippen LogP contribution in [-0.4, -0.2) is 64.7 Å². The van der Waals surface area contributed by atoms with Gasteiger partial charge in [-0.1, -0.05) is 0 Å². The quantitative estimate of drug-likeness (QED) is 0.430. The van der Waals surface area contributed by atoms with Gasteiger partial charge in [-0.2, -0.15) is 12.7 Å². The van der Waals surface area contributed by atoms with Crippen molar-refractivity contribution in [1.29, 1.82) is 0 Å². The molecule has 106 valence electrons. The van der Waals surface area contributed by atoms with Crippen LogP contribution in [0.15, 0.2) is 12.2 Å². The molecule has 0 spiro atoms. The number of nitrogens with zero attached hydrogens (tertiary/aromatic N) is 2. The normalized spacial score (nSPS) is 15.6. The zero-order valence-electron chi connectivity index (χ0n) is 9.72. The molecule has 0 aromatic rings. The van der Waals surface area contributed by atoms with Gasteiger partial charge in [-0.15, -0.1) is 0 Å². The number of rotatable bonds is 7. The smallest absolute Gasteiger partial charge is 0.336 e. The van der Waals surface area contributed by atoms with Crippen LogP contribution in [0.1, 0.15) is 6.42 Å². The minimum absolute atomic E-state index is 0.0201. The second-order valence-electron chi connectivity index (χ2n) is 3.72. The van der Waals surface area contributed by atoms with Crippen LogP contribution in [0.5, 0.6) is 0 Å². The Morgan fingerprint density at radius 1 is 1.26 bits per heavy atom. The van der Waals surface area contributed by atoms with Crippen molar-refractivity contribution in [3.05, 3.63) is 12.2 Å². The lowest BCUT2D eigenvalue weighted by Gasteiger charge is -2.18. The maximum Gasteiger partial charge on any atom is 0.336 e. The van der Waals surface area contributed by atoms with Crippen molar-refractivity contribution in [3.63, 3.8) is 0 Å². The summed E-state index contributed by atoms with van der Waals surface area (Å²) in [6, 6.07) is 0. The summed E-state index contributed by atoms with van der Waals surface area (Å²) in [5.74, 6) is -2.45. The minimum Gasteiger partial charge on any atom is -0.480 e. The maximum atomic E-state index is 11.2. The fourth-order valence-corrected chi connectivity index (χ4v) is 2.12. The van der Waals surface area contributed by atoms with E-state index in [4.69, 9.17) is 9.66 Å². The lowest BCUT2D eigenvalue weighted by molar-refractivity contribution is -0.139. The van der Waals surface area contributed by atoms with E-state index in [9.17, 15) is 22.8 Å². The van der Waals surface area contributed by atoms with E-state index >= 15 is 0 Å². The lowest BCUT2D eigenvalue weighted by atomic mass is 10.3. The molecule has 2 amide bonds. The summed E-state index contributed by atoms with van der Waals surface area (Å²) in [7, 11) is -4.63. The first kappa shape index (κ1) is 15.3. The number of hydrogen-bond donors (Lipinski definition) is 2. The summed E-state index contributed by atoms with van der Waals surface area (Å²) >= 11 is 0. The first-order chi connectivity index (χ1) is 8.71. The highest BCUT2D eigenvalue weighted by molar-refractivity contribution is 7.83. The van der Waals surface area contributed by atoms with Crippen LogP contribution in [0.25, 0.3) is 0 Å². The SMILES string of the molecule is O=C(O)CN(CCCN1C(=O)C=CC1=O)S(=O)(=O)O. The molecule has 0 aliphatic carbocycles. The van der Waals surface area contributed by atoms with Gasteiger partial charge in [0, 0.05) is 25.2 Å². The van der Waals surface area contributed by atoms with E-state index < -0.39 is 34.6 Å². The van der Waals surface area contributed by atoms with Crippen molar-refractivity contribution in [3.8, 4) is 0 Å². The third-order valence-electron chi connectivity index (χ3n) is 2.33. The molecule has 0 atom stereocenters. The first-order valence-electron chi connectivity index (χ1n) is 5.19. The Morgan fingerprint density at radius 3 is 2.21 bits per heavy atom. The van der Waals surface area contributed by atoms with Gasteiger partial charge in [0.1, 0.15) is 6.54 Å². The number of imide groups is 1. The molecule has 2 N–H and O–H groups in total. The molecule has 0 saturated carbocycles. The molecule has 0 unspecified atom stereocenters. The molecule has 1 aliphatic heterocycles. The summed E-state index contributed by atoms with van der Waals surface area (Å²) in [6.07, 6.45) is 2.19. The Kier molecular flexibility index (Phi) is 4.75. The van der Waals surface area contributed by atoms with Crippen LogP contribution in [0.2, 0.25) is 0 Å². The van der Waals surface area contributed by atoms with Crippen LogP contribution < -0.4 is 0 Å². The fourth-order valence-electron chi connectivity index (χ4n) is 1.48. The molecule has 0 bridgehead atoms. The van der Waals surface area contributed by atoms with Crippen LogP contribution in [-0.2, 0) is 24.7 Å². The molecule has 19 heavy (non-hydrogen) atoms. The third kappa shape index (κ3) is 4.43. The molecule has 1 heterocycles. The van der Waals surface area contributed by atoms with Crippen molar-refractivity contribution in [2.24, 2.45) is 0 Å². The fraction of sp³-hybridized carbons (Fsp3) is 0.444. The highest BCUT2D eigenvalue weighted by Gasteiger charge is 2.25. The van der Waals surface area contributed by atoms with Gasteiger partial charge in [-0.3, -0.25) is 23.8 Å². The number of aliphatic carboxylic acids is 1. The maximum absolute atomic E-state index is 11.2. The van der Waals surface area contributed by atoms with Gasteiger partial charge < -0.3 is 5.11 Å². The van der Waals surface area contributed by atoms with Crippen molar-refractivity contribution in [1.82, 2.24) is 9.21 Å². The standard InChI is InChI=1S/C9H12N2O7S/c12-7-2-3-8(13)11(7)5-1-4-10(6-9(14)15)19(16,17)18/h2-3H,1,4-6H2,(H,14,15)(H,16,17,18). The van der Waals surface area contributed by atoms with Crippen LogP contribution in [0, 0.1) is 0 Å². The van der Waals surface area contributed by atoms with E-state index in [0.29, 0.717) is 4.31 Å². The predicted octanol–water partition coefficient (Wildman–Crippen LogP) is -1.51. The number of carboxylic acid groups (broad SMARTS) is 1. The highest BCUT2D eigenvalue weighted by atomic mass is 32.2. The van der Waals surface area contributed by atoms with Crippen LogP contribution >= 0.6 is 0 Å². The zero-order chi connectivity index (χ0) is 14.6. The van der Waals surface area contributed by atoms with Crippen molar-refractivity contribution < 1.29 is 32.5 Å². The average Bonchev–Trinajstić information content (AvgIpc) is 2.57. The molecule has 0 saturated heterocycles. The Labute approximate surface area is 109 Å². The van der Waals surface area contributed by atoms with Crippen LogP contribution in [0.4, 0.5) is 0 Å². The molecule has 1 aliphatic rings. The predicted molar refractivity (Wildman–Crippen MR) is 61.2 cm³/mol. The number of hydrogen-bond acceptors (Lipinski definition) is 5. The zero-order valence-corrected chi connectivity index (χ0v) is 10.5.